The van der Waals surface area contributed by atoms with Crippen LogP contribution >= 0.6 is 11.3 Å². The highest BCUT2D eigenvalue weighted by molar-refractivity contribution is 7.10. The Kier molecular flexibility index (Phi) is 4.05. The molecule has 1 N–H and O–H groups in total. The summed E-state index contributed by atoms with van der Waals surface area (Å²) in [5, 5.41) is 13.7. The van der Waals surface area contributed by atoms with Crippen molar-refractivity contribution in [3.8, 4) is 6.07 Å². The highest BCUT2D eigenvalue weighted by atomic mass is 32.1. The molecule has 2 heterocycles. The van der Waals surface area contributed by atoms with Crippen molar-refractivity contribution in [1.82, 2.24) is 10.3 Å². The average molecular weight is 257 g/mol. The molecule has 0 bridgehead atoms. The monoisotopic (exact) mass is 257 g/mol. The normalized spacial score (nSPS) is 11.5. The molecule has 0 aliphatic rings. The van der Waals surface area contributed by atoms with E-state index in [4.69, 9.17) is 5.26 Å². The van der Waals surface area contributed by atoms with Crippen molar-refractivity contribution in [1.29, 1.82) is 5.26 Å². The molecule has 0 aliphatic carbocycles. The quantitative estimate of drug-likeness (QED) is 0.911. The van der Waals surface area contributed by atoms with Crippen molar-refractivity contribution in [3.63, 3.8) is 0 Å². The van der Waals surface area contributed by atoms with Gasteiger partial charge in [0.1, 0.15) is 6.04 Å². The van der Waals surface area contributed by atoms with Crippen LogP contribution in [-0.2, 0) is 11.2 Å². The molecule has 2 aromatic rings. The lowest BCUT2D eigenvalue weighted by Gasteiger charge is -2.10. The first-order valence-electron chi connectivity index (χ1n) is 5.41. The van der Waals surface area contributed by atoms with Crippen LogP contribution in [0.4, 0.5) is 0 Å². The molecule has 0 aromatic carbocycles. The number of carbonyl (C=O) groups excluding carboxylic acids is 1. The maximum absolute atomic E-state index is 11.8. The SMILES string of the molecule is N#CC(NC(=O)Cc1cccs1)c1cccnc1. The Morgan fingerprint density at radius 2 is 2.39 bits per heavy atom. The van der Waals surface area contributed by atoms with Gasteiger partial charge in [0.2, 0.25) is 5.91 Å². The smallest absolute Gasteiger partial charge is 0.226 e. The molecule has 0 aliphatic heterocycles. The third kappa shape index (κ3) is 3.15. The zero-order chi connectivity index (χ0) is 12.8. The van der Waals surface area contributed by atoms with Gasteiger partial charge in [0.25, 0.3) is 0 Å². The van der Waals surface area contributed by atoms with E-state index in [0.29, 0.717) is 12.0 Å². The molecule has 1 unspecified atom stereocenters. The number of rotatable bonds is 4. The Labute approximate surface area is 109 Å². The average Bonchev–Trinajstić information content (AvgIpc) is 2.90. The van der Waals surface area contributed by atoms with E-state index >= 15 is 0 Å². The molecular weight excluding hydrogens is 246 g/mol. The van der Waals surface area contributed by atoms with Crippen LogP contribution in [0.3, 0.4) is 0 Å². The van der Waals surface area contributed by atoms with Crippen LogP contribution in [0.15, 0.2) is 42.0 Å². The largest absolute Gasteiger partial charge is 0.336 e. The Morgan fingerprint density at radius 3 is 3.00 bits per heavy atom. The number of nitrogens with zero attached hydrogens (tertiary/aromatic N) is 2. The van der Waals surface area contributed by atoms with Gasteiger partial charge < -0.3 is 5.32 Å². The van der Waals surface area contributed by atoms with Crippen molar-refractivity contribution < 1.29 is 4.79 Å². The molecule has 5 heteroatoms. The Bertz CT molecular complexity index is 545. The van der Waals surface area contributed by atoms with Gasteiger partial charge in [0.15, 0.2) is 0 Å². The lowest BCUT2D eigenvalue weighted by Crippen LogP contribution is -2.28. The topological polar surface area (TPSA) is 65.8 Å². The van der Waals surface area contributed by atoms with Gasteiger partial charge in [-0.05, 0) is 17.5 Å². The van der Waals surface area contributed by atoms with Crippen molar-refractivity contribution >= 4 is 17.2 Å². The first kappa shape index (κ1) is 12.3. The van der Waals surface area contributed by atoms with Crippen molar-refractivity contribution in [2.24, 2.45) is 0 Å². The molecule has 0 spiro atoms. The highest BCUT2D eigenvalue weighted by Gasteiger charge is 2.14. The third-order valence-corrected chi connectivity index (χ3v) is 3.24. The number of amides is 1. The molecule has 0 saturated carbocycles. The molecule has 1 amide bonds. The maximum Gasteiger partial charge on any atom is 0.226 e. The molecule has 1 atom stereocenters. The first-order valence-corrected chi connectivity index (χ1v) is 6.29. The van der Waals surface area contributed by atoms with Crippen LogP contribution in [0, 0.1) is 11.3 Å². The second-order valence-electron chi connectivity index (χ2n) is 3.67. The lowest BCUT2D eigenvalue weighted by molar-refractivity contribution is -0.120. The zero-order valence-corrected chi connectivity index (χ0v) is 10.4. The molecule has 4 nitrogen and oxygen atoms in total. The van der Waals surface area contributed by atoms with E-state index in [1.807, 2.05) is 17.5 Å². The van der Waals surface area contributed by atoms with Gasteiger partial charge >= 0.3 is 0 Å². The predicted molar refractivity (Wildman–Crippen MR) is 68.8 cm³/mol. The number of aromatic nitrogens is 1. The number of nitriles is 1. The van der Waals surface area contributed by atoms with Gasteiger partial charge in [-0.15, -0.1) is 11.3 Å². The van der Waals surface area contributed by atoms with E-state index in [2.05, 4.69) is 16.4 Å². The summed E-state index contributed by atoms with van der Waals surface area (Å²) in [4.78, 5) is 16.7. The number of hydrogen-bond acceptors (Lipinski definition) is 4. The van der Waals surface area contributed by atoms with Gasteiger partial charge in [0, 0.05) is 22.8 Å². The van der Waals surface area contributed by atoms with Crippen LogP contribution in [-0.4, -0.2) is 10.9 Å². The molecule has 0 saturated heterocycles. The summed E-state index contributed by atoms with van der Waals surface area (Å²) in [6, 6.07) is 8.72. The number of carbonyl (C=O) groups is 1. The van der Waals surface area contributed by atoms with Crippen LogP contribution < -0.4 is 5.32 Å². The third-order valence-electron chi connectivity index (χ3n) is 2.37. The van der Waals surface area contributed by atoms with Crippen molar-refractivity contribution in [2.45, 2.75) is 12.5 Å². The Hall–Kier alpha value is -2.19. The van der Waals surface area contributed by atoms with Crippen LogP contribution in [0.2, 0.25) is 0 Å². The molecule has 0 fully saturated rings. The van der Waals surface area contributed by atoms with Crippen LogP contribution in [0.25, 0.3) is 0 Å². The van der Waals surface area contributed by atoms with E-state index in [0.717, 1.165) is 4.88 Å². The molecule has 2 rings (SSSR count). The summed E-state index contributed by atoms with van der Waals surface area (Å²) in [6.45, 7) is 0. The van der Waals surface area contributed by atoms with E-state index in [1.54, 1.807) is 24.5 Å². The first-order chi connectivity index (χ1) is 8.79. The fourth-order valence-corrected chi connectivity index (χ4v) is 2.22. The minimum atomic E-state index is -0.647. The van der Waals surface area contributed by atoms with Gasteiger partial charge in [-0.3, -0.25) is 9.78 Å². The van der Waals surface area contributed by atoms with Crippen LogP contribution in [0.1, 0.15) is 16.5 Å². The minimum absolute atomic E-state index is 0.159. The Balaban J connectivity index is 1.99. The van der Waals surface area contributed by atoms with E-state index in [9.17, 15) is 4.79 Å². The molecule has 90 valence electrons. The van der Waals surface area contributed by atoms with Gasteiger partial charge in [-0.25, -0.2) is 0 Å². The summed E-state index contributed by atoms with van der Waals surface area (Å²) >= 11 is 1.53. The number of thiophene rings is 1. The molecule has 0 radical (unpaired) electrons. The number of hydrogen-bond donors (Lipinski definition) is 1. The summed E-state index contributed by atoms with van der Waals surface area (Å²) in [6.07, 6.45) is 3.51. The second-order valence-corrected chi connectivity index (χ2v) is 4.70. The zero-order valence-electron chi connectivity index (χ0n) is 9.54. The van der Waals surface area contributed by atoms with E-state index in [-0.39, 0.29) is 5.91 Å². The minimum Gasteiger partial charge on any atom is -0.336 e. The van der Waals surface area contributed by atoms with E-state index in [1.165, 1.54) is 11.3 Å². The van der Waals surface area contributed by atoms with Gasteiger partial charge in [0.05, 0.1) is 12.5 Å². The van der Waals surface area contributed by atoms with Gasteiger partial charge in [-0.1, -0.05) is 12.1 Å². The summed E-state index contributed by atoms with van der Waals surface area (Å²) < 4.78 is 0. The summed E-state index contributed by atoms with van der Waals surface area (Å²) in [5.41, 5.74) is 0.694. The Morgan fingerprint density at radius 1 is 1.50 bits per heavy atom. The van der Waals surface area contributed by atoms with Crippen LogP contribution in [0.5, 0.6) is 0 Å². The maximum atomic E-state index is 11.8. The molecule has 18 heavy (non-hydrogen) atoms. The molecular formula is C13H11N3OS. The summed E-state index contributed by atoms with van der Waals surface area (Å²) in [5.74, 6) is -0.159. The fourth-order valence-electron chi connectivity index (χ4n) is 1.52. The summed E-state index contributed by atoms with van der Waals surface area (Å²) in [7, 11) is 0. The highest BCUT2D eigenvalue weighted by Crippen LogP contribution is 2.12. The van der Waals surface area contributed by atoms with E-state index < -0.39 is 6.04 Å². The van der Waals surface area contributed by atoms with Crippen molar-refractivity contribution in [2.75, 3.05) is 0 Å². The van der Waals surface area contributed by atoms with Crippen molar-refractivity contribution in [3.05, 3.63) is 52.5 Å². The lowest BCUT2D eigenvalue weighted by atomic mass is 10.1. The molecule has 2 aromatic heterocycles. The predicted octanol–water partition coefficient (Wildman–Crippen LogP) is 2.07. The second kappa shape index (κ2) is 5.94. The number of pyridine rings is 1. The number of nitrogens with one attached hydrogen (secondary N) is 1. The standard InChI is InChI=1S/C13H11N3OS/c14-8-12(10-3-1-5-15-9-10)16-13(17)7-11-4-2-6-18-11/h1-6,9,12H,7H2,(H,16,17). The van der Waals surface area contributed by atoms with Gasteiger partial charge in [-0.2, -0.15) is 5.26 Å². The fraction of sp³-hybridized carbons (Fsp3) is 0.154.